The Morgan fingerprint density at radius 3 is 2.75 bits per heavy atom. The summed E-state index contributed by atoms with van der Waals surface area (Å²) in [7, 11) is 0. The van der Waals surface area contributed by atoms with Crippen molar-refractivity contribution >= 4 is 17.5 Å². The number of halogens is 1. The number of amides is 1. The average molecular weight is 297 g/mol. The molecule has 1 aliphatic heterocycles. The van der Waals surface area contributed by atoms with Gasteiger partial charge >= 0.3 is 0 Å². The first-order chi connectivity index (χ1) is 9.61. The number of benzene rings is 1. The smallest absolute Gasteiger partial charge is 0.263 e. The zero-order chi connectivity index (χ0) is 14.5. The molecular formula is C15H21ClN2O2. The molecule has 1 aromatic rings. The Morgan fingerprint density at radius 2 is 2.15 bits per heavy atom. The molecule has 0 bridgehead atoms. The van der Waals surface area contributed by atoms with Crippen LogP contribution in [0.1, 0.15) is 25.3 Å². The van der Waals surface area contributed by atoms with Gasteiger partial charge in [-0.2, -0.15) is 0 Å². The summed E-state index contributed by atoms with van der Waals surface area (Å²) in [5, 5.41) is 0.525. The molecule has 1 aromatic carbocycles. The van der Waals surface area contributed by atoms with E-state index >= 15 is 0 Å². The maximum atomic E-state index is 12.2. The van der Waals surface area contributed by atoms with Gasteiger partial charge < -0.3 is 15.4 Å². The van der Waals surface area contributed by atoms with Crippen molar-refractivity contribution in [1.82, 2.24) is 4.90 Å². The van der Waals surface area contributed by atoms with Gasteiger partial charge in [-0.1, -0.05) is 17.7 Å². The van der Waals surface area contributed by atoms with Crippen LogP contribution in [0.25, 0.3) is 0 Å². The van der Waals surface area contributed by atoms with Crippen molar-refractivity contribution in [3.8, 4) is 5.75 Å². The number of carbonyl (C=O) groups excluding carboxylic acids is 1. The third-order valence-electron chi connectivity index (χ3n) is 3.50. The summed E-state index contributed by atoms with van der Waals surface area (Å²) >= 11 is 6.18. The average Bonchev–Trinajstić information content (AvgIpc) is 2.95. The molecule has 2 rings (SSSR count). The van der Waals surface area contributed by atoms with Crippen LogP contribution in [0.4, 0.5) is 0 Å². The van der Waals surface area contributed by atoms with E-state index < -0.39 is 6.10 Å². The van der Waals surface area contributed by atoms with Crippen LogP contribution in [0.2, 0.25) is 5.02 Å². The molecule has 1 amide bonds. The van der Waals surface area contributed by atoms with E-state index in [2.05, 4.69) is 0 Å². The molecule has 1 unspecified atom stereocenters. The molecule has 0 radical (unpaired) electrons. The Balaban J connectivity index is 1.99. The summed E-state index contributed by atoms with van der Waals surface area (Å²) < 4.78 is 5.70. The Kier molecular flexibility index (Phi) is 5.26. The molecule has 0 aliphatic carbocycles. The highest BCUT2D eigenvalue weighted by Crippen LogP contribution is 2.27. The largest absolute Gasteiger partial charge is 0.479 e. The summed E-state index contributed by atoms with van der Waals surface area (Å²) in [6.45, 7) is 4.01. The van der Waals surface area contributed by atoms with Gasteiger partial charge in [0, 0.05) is 13.1 Å². The quantitative estimate of drug-likeness (QED) is 0.906. The van der Waals surface area contributed by atoms with Gasteiger partial charge in [-0.15, -0.1) is 0 Å². The van der Waals surface area contributed by atoms with Crippen LogP contribution >= 0.6 is 11.6 Å². The lowest BCUT2D eigenvalue weighted by Crippen LogP contribution is -2.38. The lowest BCUT2D eigenvalue weighted by molar-refractivity contribution is -0.136. The second kappa shape index (κ2) is 6.95. The summed E-state index contributed by atoms with van der Waals surface area (Å²) in [6, 6.07) is 5.58. The Bertz CT molecular complexity index is 473. The second-order valence-electron chi connectivity index (χ2n) is 5.10. The van der Waals surface area contributed by atoms with Gasteiger partial charge in [0.15, 0.2) is 6.10 Å². The van der Waals surface area contributed by atoms with Gasteiger partial charge in [0.25, 0.3) is 5.91 Å². The van der Waals surface area contributed by atoms with Crippen molar-refractivity contribution < 1.29 is 9.53 Å². The molecule has 1 saturated heterocycles. The van der Waals surface area contributed by atoms with Gasteiger partial charge in [0.05, 0.1) is 5.02 Å². The number of nitrogens with two attached hydrogens (primary N) is 1. The third-order valence-corrected chi connectivity index (χ3v) is 3.79. The molecule has 1 heterocycles. The highest BCUT2D eigenvalue weighted by Gasteiger charge is 2.24. The number of hydrogen-bond acceptors (Lipinski definition) is 3. The van der Waals surface area contributed by atoms with Crippen molar-refractivity contribution in [3.63, 3.8) is 0 Å². The Morgan fingerprint density at radius 1 is 1.45 bits per heavy atom. The maximum Gasteiger partial charge on any atom is 0.263 e. The topological polar surface area (TPSA) is 55.6 Å². The minimum atomic E-state index is -0.508. The first kappa shape index (κ1) is 15.1. The summed E-state index contributed by atoms with van der Waals surface area (Å²) in [5.41, 5.74) is 6.59. The fourth-order valence-corrected chi connectivity index (χ4v) is 2.65. The minimum absolute atomic E-state index is 0.0320. The number of likely N-dealkylation sites (tertiary alicyclic amines) is 1. The van der Waals surface area contributed by atoms with E-state index in [1.54, 1.807) is 13.0 Å². The van der Waals surface area contributed by atoms with Crippen molar-refractivity contribution in [1.29, 1.82) is 0 Å². The van der Waals surface area contributed by atoms with Crippen molar-refractivity contribution in [2.45, 2.75) is 32.3 Å². The molecule has 5 heteroatoms. The van der Waals surface area contributed by atoms with Crippen LogP contribution < -0.4 is 10.5 Å². The highest BCUT2D eigenvalue weighted by molar-refractivity contribution is 6.32. The molecule has 0 saturated carbocycles. The first-order valence-electron chi connectivity index (χ1n) is 7.05. The van der Waals surface area contributed by atoms with E-state index in [1.807, 2.05) is 17.0 Å². The second-order valence-corrected chi connectivity index (χ2v) is 5.50. The van der Waals surface area contributed by atoms with Gasteiger partial charge in [0.2, 0.25) is 0 Å². The molecule has 4 nitrogen and oxygen atoms in total. The Labute approximate surface area is 124 Å². The van der Waals surface area contributed by atoms with E-state index in [0.717, 1.165) is 37.9 Å². The lowest BCUT2D eigenvalue weighted by Gasteiger charge is -2.21. The van der Waals surface area contributed by atoms with Gasteiger partial charge in [-0.25, -0.2) is 0 Å². The molecule has 1 atom stereocenters. The summed E-state index contributed by atoms with van der Waals surface area (Å²) in [5.74, 6) is 0.581. The standard InChI is InChI=1S/C15H21ClN2O2/c1-11(15(19)18-8-2-3-9-18)20-14-5-4-12(6-7-17)10-13(14)16/h4-5,10-11H,2-3,6-9,17H2,1H3. The van der Waals surface area contributed by atoms with E-state index in [-0.39, 0.29) is 5.91 Å². The number of ether oxygens (including phenoxy) is 1. The van der Waals surface area contributed by atoms with Crippen LogP contribution in [0.15, 0.2) is 18.2 Å². The molecule has 0 aromatic heterocycles. The van der Waals surface area contributed by atoms with Gasteiger partial charge in [-0.3, -0.25) is 4.79 Å². The molecular weight excluding hydrogens is 276 g/mol. The van der Waals surface area contributed by atoms with E-state index in [0.29, 0.717) is 17.3 Å². The number of rotatable bonds is 5. The fraction of sp³-hybridized carbons (Fsp3) is 0.533. The maximum absolute atomic E-state index is 12.2. The minimum Gasteiger partial charge on any atom is -0.479 e. The normalized spacial score (nSPS) is 16.2. The predicted molar refractivity (Wildman–Crippen MR) is 80.1 cm³/mol. The van der Waals surface area contributed by atoms with Crippen molar-refractivity contribution in [2.75, 3.05) is 19.6 Å². The predicted octanol–water partition coefficient (Wildman–Crippen LogP) is 2.23. The lowest BCUT2D eigenvalue weighted by atomic mass is 10.1. The highest BCUT2D eigenvalue weighted by atomic mass is 35.5. The monoisotopic (exact) mass is 296 g/mol. The van der Waals surface area contributed by atoms with Crippen LogP contribution in [0.5, 0.6) is 5.75 Å². The van der Waals surface area contributed by atoms with Crippen molar-refractivity contribution in [3.05, 3.63) is 28.8 Å². The molecule has 1 fully saturated rings. The fourth-order valence-electron chi connectivity index (χ4n) is 2.40. The molecule has 110 valence electrons. The van der Waals surface area contributed by atoms with E-state index in [1.165, 1.54) is 0 Å². The van der Waals surface area contributed by atoms with Gasteiger partial charge in [-0.05, 0) is 50.4 Å². The Hall–Kier alpha value is -1.26. The van der Waals surface area contributed by atoms with Crippen LogP contribution in [0.3, 0.4) is 0 Å². The van der Waals surface area contributed by atoms with Crippen LogP contribution in [-0.4, -0.2) is 36.5 Å². The van der Waals surface area contributed by atoms with E-state index in [4.69, 9.17) is 22.1 Å². The van der Waals surface area contributed by atoms with E-state index in [9.17, 15) is 4.79 Å². The van der Waals surface area contributed by atoms with Crippen molar-refractivity contribution in [2.24, 2.45) is 5.73 Å². The number of carbonyl (C=O) groups is 1. The zero-order valence-electron chi connectivity index (χ0n) is 11.8. The molecule has 1 aliphatic rings. The third kappa shape index (κ3) is 3.64. The van der Waals surface area contributed by atoms with Crippen LogP contribution in [0, 0.1) is 0 Å². The molecule has 2 N–H and O–H groups in total. The molecule has 20 heavy (non-hydrogen) atoms. The number of nitrogens with zero attached hydrogens (tertiary/aromatic N) is 1. The molecule has 0 spiro atoms. The number of hydrogen-bond donors (Lipinski definition) is 1. The summed E-state index contributed by atoms with van der Waals surface area (Å²) in [6.07, 6.45) is 2.42. The van der Waals surface area contributed by atoms with Gasteiger partial charge in [0.1, 0.15) is 5.75 Å². The van der Waals surface area contributed by atoms with Crippen LogP contribution in [-0.2, 0) is 11.2 Å². The first-order valence-corrected chi connectivity index (χ1v) is 7.43. The summed E-state index contributed by atoms with van der Waals surface area (Å²) in [4.78, 5) is 14.0. The SMILES string of the molecule is CC(Oc1ccc(CCN)cc1Cl)C(=O)N1CCCC1. The zero-order valence-corrected chi connectivity index (χ0v) is 12.5.